The Morgan fingerprint density at radius 1 is 0.409 bits per heavy atom. The van der Waals surface area contributed by atoms with E-state index in [1.807, 2.05) is 110 Å². The number of hydrogen-bond acceptors (Lipinski definition) is 9. The van der Waals surface area contributed by atoms with Gasteiger partial charge in [-0.05, 0) is 101 Å². The topological polar surface area (TPSA) is 142 Å². The maximum absolute atomic E-state index is 13.5. The van der Waals surface area contributed by atoms with E-state index in [1.165, 1.54) is 0 Å². The molecule has 4 amide bonds. The van der Waals surface area contributed by atoms with Crippen molar-refractivity contribution in [2.75, 3.05) is 78.8 Å². The average Bonchev–Trinajstić information content (AvgIpc) is 3.31. The fourth-order valence-electron chi connectivity index (χ4n) is 8.60. The van der Waals surface area contributed by atoms with Crippen LogP contribution in [0.1, 0.15) is 105 Å². The molecular weight excluding hydrogens is 835 g/mol. The van der Waals surface area contributed by atoms with Crippen LogP contribution in [0.2, 0.25) is 0 Å². The van der Waals surface area contributed by atoms with Crippen LogP contribution >= 0.6 is 0 Å². The van der Waals surface area contributed by atoms with Gasteiger partial charge in [-0.2, -0.15) is 5.26 Å². The number of fused-ring (bicyclic) bond motifs is 8. The number of nitrogens with zero attached hydrogens (tertiary/aromatic N) is 5. The molecule has 0 aliphatic heterocycles. The van der Waals surface area contributed by atoms with E-state index in [-0.39, 0.29) is 62.9 Å². The number of benzene rings is 4. The van der Waals surface area contributed by atoms with Crippen molar-refractivity contribution in [2.24, 2.45) is 0 Å². The SMILES string of the molecule is CCN(CC)C(=O)COc1c2cccc1Cc1cccc(c1OCC(=O)N(CC)CC)Cc1cc(C#N)cc(c1OCC(=O)N(CC)CC)Cc1cccc(c1OCC(=O)N(CC)CC)C2. The summed E-state index contributed by atoms with van der Waals surface area (Å²) < 4.78 is 26.3. The number of hydrogen-bond donors (Lipinski definition) is 0. The van der Waals surface area contributed by atoms with Crippen LogP contribution in [0.4, 0.5) is 0 Å². The molecule has 5 rings (SSSR count). The molecule has 0 saturated heterocycles. The van der Waals surface area contributed by atoms with Crippen molar-refractivity contribution >= 4 is 23.6 Å². The zero-order valence-corrected chi connectivity index (χ0v) is 40.2. The summed E-state index contributed by atoms with van der Waals surface area (Å²) >= 11 is 0. The lowest BCUT2D eigenvalue weighted by Gasteiger charge is -2.25. The van der Waals surface area contributed by atoms with Gasteiger partial charge in [0.1, 0.15) is 23.0 Å². The molecule has 8 bridgehead atoms. The number of nitriles is 1. The van der Waals surface area contributed by atoms with Gasteiger partial charge in [0.15, 0.2) is 26.4 Å². The Balaban J connectivity index is 1.79. The molecule has 13 nitrogen and oxygen atoms in total. The Labute approximate surface area is 391 Å². The van der Waals surface area contributed by atoms with Gasteiger partial charge in [0, 0.05) is 89.2 Å². The molecule has 352 valence electrons. The summed E-state index contributed by atoms with van der Waals surface area (Å²) in [4.78, 5) is 60.9. The molecule has 0 unspecified atom stereocenters. The van der Waals surface area contributed by atoms with Gasteiger partial charge in [0.05, 0.1) is 11.6 Å². The number of carbonyl (C=O) groups is 4. The van der Waals surface area contributed by atoms with E-state index < -0.39 is 0 Å². The fourth-order valence-corrected chi connectivity index (χ4v) is 8.60. The van der Waals surface area contributed by atoms with E-state index in [2.05, 4.69) is 6.07 Å². The summed E-state index contributed by atoms with van der Waals surface area (Å²) in [6, 6.07) is 23.5. The third kappa shape index (κ3) is 12.4. The van der Waals surface area contributed by atoms with Gasteiger partial charge in [0.25, 0.3) is 23.6 Å². The summed E-state index contributed by atoms with van der Waals surface area (Å²) in [5.74, 6) is 1.38. The predicted molar refractivity (Wildman–Crippen MR) is 255 cm³/mol. The Bertz CT molecular complexity index is 2240. The van der Waals surface area contributed by atoms with Crippen molar-refractivity contribution in [1.29, 1.82) is 5.26 Å². The third-order valence-corrected chi connectivity index (χ3v) is 12.3. The second-order valence-corrected chi connectivity index (χ2v) is 16.1. The molecule has 0 spiro atoms. The monoisotopic (exact) mass is 901 g/mol. The highest BCUT2D eigenvalue weighted by molar-refractivity contribution is 5.79. The van der Waals surface area contributed by atoms with Crippen LogP contribution < -0.4 is 18.9 Å². The number of carbonyl (C=O) groups excluding carboxylic acids is 4. The second-order valence-electron chi connectivity index (χ2n) is 16.1. The second kappa shape index (κ2) is 24.7. The Morgan fingerprint density at radius 2 is 0.621 bits per heavy atom. The van der Waals surface area contributed by atoms with E-state index in [1.54, 1.807) is 31.7 Å². The van der Waals surface area contributed by atoms with Gasteiger partial charge in [-0.15, -0.1) is 0 Å². The van der Waals surface area contributed by atoms with Crippen molar-refractivity contribution in [3.8, 4) is 29.1 Å². The van der Waals surface area contributed by atoms with Gasteiger partial charge >= 0.3 is 0 Å². The van der Waals surface area contributed by atoms with Gasteiger partial charge in [-0.3, -0.25) is 19.2 Å². The Morgan fingerprint density at radius 3 is 0.833 bits per heavy atom. The van der Waals surface area contributed by atoms with E-state index in [4.69, 9.17) is 18.9 Å². The van der Waals surface area contributed by atoms with Crippen LogP contribution in [0.5, 0.6) is 23.0 Å². The number of likely N-dealkylation sites (N-methyl/N-ethyl adjacent to an activating group) is 4. The molecule has 4 aromatic carbocycles. The molecule has 1 aliphatic carbocycles. The molecular formula is C53H67N5O8. The van der Waals surface area contributed by atoms with Crippen LogP contribution in [0, 0.1) is 11.3 Å². The highest BCUT2D eigenvalue weighted by Gasteiger charge is 2.25. The third-order valence-electron chi connectivity index (χ3n) is 12.3. The van der Waals surface area contributed by atoms with Crippen LogP contribution in [0.3, 0.4) is 0 Å². The number of ether oxygens (including phenoxy) is 4. The standard InChI is InChI=1S/C53H67N5O8/c1-9-55(10-2)46(59)33-63-50-38-20-17-21-39(50)29-41-23-19-25-43(52(41)65-35-48(61)57(13-5)14-6)31-45-27-37(32-54)26-44(53(45)66-36-49(62)58(15-7)16-8)30-42-24-18-22-40(28-38)51(42)64-34-47(60)56(11-3)12-4/h17-27H,9-16,28-31,33-36H2,1-8H3. The smallest absolute Gasteiger partial charge is 0.260 e. The minimum atomic E-state index is -0.231. The van der Waals surface area contributed by atoms with Crippen molar-refractivity contribution in [1.82, 2.24) is 19.6 Å². The van der Waals surface area contributed by atoms with Crippen molar-refractivity contribution < 1.29 is 38.1 Å². The van der Waals surface area contributed by atoms with Crippen LogP contribution in [-0.2, 0) is 44.9 Å². The normalized spacial score (nSPS) is 11.7. The zero-order valence-electron chi connectivity index (χ0n) is 40.2. The predicted octanol–water partition coefficient (Wildman–Crippen LogP) is 7.22. The number of para-hydroxylation sites is 3. The molecule has 0 aromatic heterocycles. The quantitative estimate of drug-likeness (QED) is 0.0792. The molecule has 0 saturated carbocycles. The Kier molecular flexibility index (Phi) is 18.8. The molecule has 0 fully saturated rings. The highest BCUT2D eigenvalue weighted by Crippen LogP contribution is 2.39. The first kappa shape index (κ1) is 50.4. The summed E-state index contributed by atoms with van der Waals surface area (Å²) in [6.45, 7) is 18.9. The number of rotatable bonds is 20. The van der Waals surface area contributed by atoms with E-state index >= 15 is 0 Å². The molecule has 13 heteroatoms. The van der Waals surface area contributed by atoms with Gasteiger partial charge in [-0.25, -0.2) is 0 Å². The van der Waals surface area contributed by atoms with Crippen LogP contribution in [0.15, 0.2) is 66.7 Å². The summed E-state index contributed by atoms with van der Waals surface area (Å²) in [5, 5.41) is 10.5. The van der Waals surface area contributed by atoms with E-state index in [0.717, 1.165) is 33.4 Å². The molecule has 4 aromatic rings. The maximum Gasteiger partial charge on any atom is 0.260 e. The molecule has 66 heavy (non-hydrogen) atoms. The van der Waals surface area contributed by atoms with E-state index in [9.17, 15) is 24.4 Å². The molecule has 0 N–H and O–H groups in total. The lowest BCUT2D eigenvalue weighted by Crippen LogP contribution is -2.35. The first-order valence-electron chi connectivity index (χ1n) is 23.5. The Hall–Kier alpha value is -6.55. The largest absolute Gasteiger partial charge is 0.483 e. The summed E-state index contributed by atoms with van der Waals surface area (Å²) in [6.07, 6.45) is 1.09. The van der Waals surface area contributed by atoms with Gasteiger partial charge in [0.2, 0.25) is 0 Å². The first-order valence-corrected chi connectivity index (χ1v) is 23.5. The average molecular weight is 902 g/mol. The van der Waals surface area contributed by atoms with Gasteiger partial charge < -0.3 is 38.5 Å². The zero-order chi connectivity index (χ0) is 47.8. The van der Waals surface area contributed by atoms with Crippen LogP contribution in [-0.4, -0.2) is 122 Å². The van der Waals surface area contributed by atoms with Crippen molar-refractivity contribution in [3.05, 3.63) is 117 Å². The van der Waals surface area contributed by atoms with Gasteiger partial charge in [-0.1, -0.05) is 54.6 Å². The minimum absolute atomic E-state index is 0.139. The molecule has 0 atom stereocenters. The summed E-state index contributed by atoms with van der Waals surface area (Å²) in [5.41, 5.74) is 6.33. The highest BCUT2D eigenvalue weighted by atomic mass is 16.5. The van der Waals surface area contributed by atoms with Crippen LogP contribution in [0.25, 0.3) is 0 Å². The molecule has 0 radical (unpaired) electrons. The lowest BCUT2D eigenvalue weighted by atomic mass is 9.90. The van der Waals surface area contributed by atoms with Crippen molar-refractivity contribution in [3.63, 3.8) is 0 Å². The molecule has 0 heterocycles. The molecule has 1 aliphatic rings. The van der Waals surface area contributed by atoms with E-state index in [0.29, 0.717) is 105 Å². The van der Waals surface area contributed by atoms with Crippen molar-refractivity contribution in [2.45, 2.75) is 81.1 Å². The lowest BCUT2D eigenvalue weighted by molar-refractivity contribution is -0.133. The summed E-state index contributed by atoms with van der Waals surface area (Å²) in [7, 11) is 0. The maximum atomic E-state index is 13.5. The first-order chi connectivity index (χ1) is 32.0. The number of amides is 4. The minimum Gasteiger partial charge on any atom is -0.483 e. The fraction of sp³-hybridized carbons (Fsp3) is 0.453.